The van der Waals surface area contributed by atoms with Crippen molar-refractivity contribution in [3.63, 3.8) is 0 Å². The van der Waals surface area contributed by atoms with E-state index in [-0.39, 0.29) is 11.6 Å². The Balaban J connectivity index is 2.40. The molecule has 0 unspecified atom stereocenters. The zero-order chi connectivity index (χ0) is 14.9. The van der Waals surface area contributed by atoms with Gasteiger partial charge in [0.1, 0.15) is 0 Å². The molecule has 0 fully saturated rings. The van der Waals surface area contributed by atoms with Gasteiger partial charge in [0.25, 0.3) is 0 Å². The highest BCUT2D eigenvalue weighted by molar-refractivity contribution is 5.94. The van der Waals surface area contributed by atoms with Gasteiger partial charge in [0.05, 0.1) is 11.0 Å². The van der Waals surface area contributed by atoms with Crippen LogP contribution < -0.4 is 11.0 Å². The van der Waals surface area contributed by atoms with E-state index >= 15 is 0 Å². The molecule has 1 aromatic heterocycles. The van der Waals surface area contributed by atoms with Crippen molar-refractivity contribution in [1.29, 1.82) is 0 Å². The Morgan fingerprint density at radius 2 is 1.80 bits per heavy atom. The van der Waals surface area contributed by atoms with Gasteiger partial charge < -0.3 is 5.32 Å². The molecule has 1 heterocycles. The monoisotopic (exact) mass is 275 g/mol. The lowest BCUT2D eigenvalue weighted by Gasteiger charge is -2.09. The van der Waals surface area contributed by atoms with Gasteiger partial charge in [-0.3, -0.25) is 13.9 Å². The highest BCUT2D eigenvalue weighted by Gasteiger charge is 2.12. The van der Waals surface area contributed by atoms with Crippen LogP contribution in [0.5, 0.6) is 0 Å². The highest BCUT2D eigenvalue weighted by Crippen LogP contribution is 2.22. The third kappa shape index (κ3) is 2.48. The van der Waals surface area contributed by atoms with Crippen molar-refractivity contribution in [2.24, 2.45) is 14.1 Å². The number of hydrogen-bond acceptors (Lipinski definition) is 2. The average Bonchev–Trinajstić information content (AvgIpc) is 2.62. The van der Waals surface area contributed by atoms with E-state index in [1.807, 2.05) is 19.1 Å². The summed E-state index contributed by atoms with van der Waals surface area (Å²) >= 11 is 0. The highest BCUT2D eigenvalue weighted by atomic mass is 16.2. The zero-order valence-electron chi connectivity index (χ0n) is 12.5. The molecule has 0 saturated carbocycles. The number of nitrogens with one attached hydrogen (secondary N) is 1. The molecule has 0 spiro atoms. The summed E-state index contributed by atoms with van der Waals surface area (Å²) in [5.41, 5.74) is 3.38. The van der Waals surface area contributed by atoms with E-state index in [1.165, 1.54) is 0 Å². The van der Waals surface area contributed by atoms with Crippen molar-refractivity contribution in [1.82, 2.24) is 9.13 Å². The largest absolute Gasteiger partial charge is 0.328 e. The maximum Gasteiger partial charge on any atom is 0.328 e. The molecule has 0 saturated heterocycles. The van der Waals surface area contributed by atoms with E-state index in [4.69, 9.17) is 0 Å². The number of carbonyl (C=O) groups excluding carboxylic acids is 1. The molecule has 0 aliphatic heterocycles. The van der Waals surface area contributed by atoms with Crippen LogP contribution in [-0.2, 0) is 18.9 Å². The molecule has 2 aromatic rings. The number of aromatic nitrogens is 2. The fraction of sp³-hybridized carbons (Fsp3) is 0.467. The minimum atomic E-state index is -0.0612. The molecular weight excluding hydrogens is 254 g/mol. The molecular formula is C15H21N3O2. The number of carbonyl (C=O) groups is 1. The molecule has 0 aliphatic carbocycles. The van der Waals surface area contributed by atoms with Gasteiger partial charge in [0, 0.05) is 26.2 Å². The summed E-state index contributed by atoms with van der Waals surface area (Å²) in [6, 6.07) is 3.81. The lowest BCUT2D eigenvalue weighted by molar-refractivity contribution is -0.116. The van der Waals surface area contributed by atoms with Crippen LogP contribution in [0.4, 0.5) is 5.69 Å². The number of fused-ring (bicyclic) bond motifs is 1. The molecule has 1 amide bonds. The van der Waals surface area contributed by atoms with Gasteiger partial charge in [-0.05, 0) is 31.0 Å². The van der Waals surface area contributed by atoms with Crippen LogP contribution in [0.25, 0.3) is 11.0 Å². The Morgan fingerprint density at radius 3 is 2.40 bits per heavy atom. The van der Waals surface area contributed by atoms with Gasteiger partial charge in [-0.1, -0.05) is 13.3 Å². The standard InChI is InChI=1S/C15H21N3O2/c1-5-6-7-14(19)16-11-9-13-12(8-10(11)2)17(3)15(20)18(13)4/h8-9H,5-7H2,1-4H3,(H,16,19). The van der Waals surface area contributed by atoms with Crippen molar-refractivity contribution in [2.45, 2.75) is 33.1 Å². The van der Waals surface area contributed by atoms with Gasteiger partial charge in [-0.25, -0.2) is 4.79 Å². The summed E-state index contributed by atoms with van der Waals surface area (Å²) in [7, 11) is 3.49. The summed E-state index contributed by atoms with van der Waals surface area (Å²) in [5, 5.41) is 2.93. The van der Waals surface area contributed by atoms with Crippen LogP contribution in [0.1, 0.15) is 31.7 Å². The second kappa shape index (κ2) is 5.53. The topological polar surface area (TPSA) is 56.0 Å². The minimum absolute atomic E-state index is 0.0234. The van der Waals surface area contributed by atoms with Crippen molar-refractivity contribution in [2.75, 3.05) is 5.32 Å². The van der Waals surface area contributed by atoms with Crippen molar-refractivity contribution in [3.05, 3.63) is 28.2 Å². The normalized spacial score (nSPS) is 11.0. The maximum atomic E-state index is 11.9. The lowest BCUT2D eigenvalue weighted by atomic mass is 10.1. The van der Waals surface area contributed by atoms with E-state index in [1.54, 1.807) is 23.2 Å². The quantitative estimate of drug-likeness (QED) is 0.931. The average molecular weight is 275 g/mol. The predicted molar refractivity (Wildman–Crippen MR) is 81.1 cm³/mol. The lowest BCUT2D eigenvalue weighted by Crippen LogP contribution is -2.19. The van der Waals surface area contributed by atoms with Crippen molar-refractivity contribution in [3.8, 4) is 0 Å². The molecule has 108 valence electrons. The number of unbranched alkanes of at least 4 members (excludes halogenated alkanes) is 1. The van der Waals surface area contributed by atoms with E-state index < -0.39 is 0 Å². The number of aryl methyl sites for hydroxylation is 3. The first-order chi connectivity index (χ1) is 9.45. The Bertz CT molecular complexity index is 710. The van der Waals surface area contributed by atoms with Crippen molar-refractivity contribution >= 4 is 22.6 Å². The van der Waals surface area contributed by atoms with Crippen LogP contribution in [0.15, 0.2) is 16.9 Å². The summed E-state index contributed by atoms with van der Waals surface area (Å²) in [5.74, 6) is 0.0234. The molecule has 0 aliphatic rings. The Labute approximate surface area is 118 Å². The van der Waals surface area contributed by atoms with Crippen LogP contribution in [0.3, 0.4) is 0 Å². The molecule has 5 heteroatoms. The van der Waals surface area contributed by atoms with Gasteiger partial charge in [0.15, 0.2) is 0 Å². The first-order valence-electron chi connectivity index (χ1n) is 6.91. The fourth-order valence-electron chi connectivity index (χ4n) is 2.33. The molecule has 2 rings (SSSR count). The predicted octanol–water partition coefficient (Wildman–Crippen LogP) is 2.31. The van der Waals surface area contributed by atoms with Gasteiger partial charge >= 0.3 is 5.69 Å². The van der Waals surface area contributed by atoms with Crippen LogP contribution in [-0.4, -0.2) is 15.0 Å². The SMILES string of the molecule is CCCCC(=O)Nc1cc2c(cc1C)n(C)c(=O)n2C. The maximum absolute atomic E-state index is 11.9. The van der Waals surface area contributed by atoms with Crippen LogP contribution >= 0.6 is 0 Å². The number of amides is 1. The van der Waals surface area contributed by atoms with Crippen LogP contribution in [0, 0.1) is 6.92 Å². The Kier molecular flexibility index (Phi) is 3.97. The summed E-state index contributed by atoms with van der Waals surface area (Å²) < 4.78 is 3.21. The molecule has 0 bridgehead atoms. The van der Waals surface area contributed by atoms with E-state index in [2.05, 4.69) is 12.2 Å². The van der Waals surface area contributed by atoms with Gasteiger partial charge in [-0.2, -0.15) is 0 Å². The van der Waals surface area contributed by atoms with Gasteiger partial charge in [0.2, 0.25) is 5.91 Å². The number of rotatable bonds is 4. The summed E-state index contributed by atoms with van der Waals surface area (Å²) in [6.45, 7) is 4.00. The van der Waals surface area contributed by atoms with E-state index in [9.17, 15) is 9.59 Å². The smallest absolute Gasteiger partial charge is 0.326 e. The fourth-order valence-corrected chi connectivity index (χ4v) is 2.33. The third-order valence-electron chi connectivity index (χ3n) is 3.65. The molecule has 1 N–H and O–H groups in total. The van der Waals surface area contributed by atoms with E-state index in [0.717, 1.165) is 35.1 Å². The number of anilines is 1. The molecule has 1 aromatic carbocycles. The second-order valence-corrected chi connectivity index (χ2v) is 5.21. The minimum Gasteiger partial charge on any atom is -0.326 e. The molecule has 5 nitrogen and oxygen atoms in total. The first kappa shape index (κ1) is 14.4. The Hall–Kier alpha value is -2.04. The van der Waals surface area contributed by atoms with E-state index in [0.29, 0.717) is 6.42 Å². The molecule has 20 heavy (non-hydrogen) atoms. The van der Waals surface area contributed by atoms with Crippen molar-refractivity contribution < 1.29 is 4.79 Å². The summed E-state index contributed by atoms with van der Waals surface area (Å²) in [4.78, 5) is 23.7. The number of nitrogens with zero attached hydrogens (tertiary/aromatic N) is 2. The van der Waals surface area contributed by atoms with Crippen LogP contribution in [0.2, 0.25) is 0 Å². The number of imidazole rings is 1. The third-order valence-corrected chi connectivity index (χ3v) is 3.65. The van der Waals surface area contributed by atoms with Gasteiger partial charge in [-0.15, -0.1) is 0 Å². The molecule has 0 radical (unpaired) electrons. The molecule has 0 atom stereocenters. The summed E-state index contributed by atoms with van der Waals surface area (Å²) in [6.07, 6.45) is 2.41. The zero-order valence-corrected chi connectivity index (χ0v) is 12.5. The Morgan fingerprint density at radius 1 is 1.20 bits per heavy atom. The number of benzene rings is 1. The second-order valence-electron chi connectivity index (χ2n) is 5.21. The number of hydrogen-bond donors (Lipinski definition) is 1. The first-order valence-corrected chi connectivity index (χ1v) is 6.91.